The van der Waals surface area contributed by atoms with E-state index >= 15 is 0 Å². The van der Waals surface area contributed by atoms with Crippen LogP contribution in [0.1, 0.15) is 40.0 Å². The molecule has 0 bridgehead atoms. The van der Waals surface area contributed by atoms with Gasteiger partial charge in [0.1, 0.15) is 5.84 Å². The van der Waals surface area contributed by atoms with E-state index < -0.39 is 0 Å². The Labute approximate surface area is 109 Å². The van der Waals surface area contributed by atoms with Gasteiger partial charge in [0.15, 0.2) is 0 Å². The van der Waals surface area contributed by atoms with E-state index in [9.17, 15) is 4.79 Å². The number of nitrogens with one attached hydrogen (secondary N) is 2. The maximum atomic E-state index is 11.6. The van der Waals surface area contributed by atoms with Crippen LogP contribution in [0.2, 0.25) is 0 Å². The van der Waals surface area contributed by atoms with Crippen LogP contribution in [0, 0.1) is 5.92 Å². The molecule has 106 valence electrons. The molecule has 6 nitrogen and oxygen atoms in total. The molecule has 0 aliphatic heterocycles. The van der Waals surface area contributed by atoms with Gasteiger partial charge in [-0.2, -0.15) is 0 Å². The molecule has 0 heterocycles. The minimum absolute atomic E-state index is 0.0279. The number of amidine groups is 1. The largest absolute Gasteiger partial charge is 0.409 e. The summed E-state index contributed by atoms with van der Waals surface area (Å²) in [6.45, 7) is 7.42. The van der Waals surface area contributed by atoms with Crippen LogP contribution in [0.4, 0.5) is 0 Å². The van der Waals surface area contributed by atoms with Crippen molar-refractivity contribution in [2.45, 2.75) is 46.1 Å². The van der Waals surface area contributed by atoms with Gasteiger partial charge in [0.25, 0.3) is 0 Å². The molecule has 0 aromatic rings. The molecule has 0 rings (SSSR count). The summed E-state index contributed by atoms with van der Waals surface area (Å²) < 4.78 is 0. The molecular formula is C12H26N4O2. The minimum Gasteiger partial charge on any atom is -0.409 e. The highest BCUT2D eigenvalue weighted by molar-refractivity contribution is 5.81. The van der Waals surface area contributed by atoms with Gasteiger partial charge in [0.2, 0.25) is 5.91 Å². The molecule has 1 amide bonds. The topological polar surface area (TPSA) is 99.7 Å². The standard InChI is InChI=1S/C12H26N4O2/c1-9(2)8-15-12(17)10(3)14-7-5-4-6-11(13)16-18/h9-10,14,18H,4-8H2,1-3H3,(H2,13,16)(H,15,17). The molecule has 0 aliphatic rings. The molecule has 0 fully saturated rings. The van der Waals surface area contributed by atoms with Crippen LogP contribution in [-0.4, -0.2) is 36.1 Å². The van der Waals surface area contributed by atoms with E-state index in [2.05, 4.69) is 29.6 Å². The van der Waals surface area contributed by atoms with Crippen molar-refractivity contribution < 1.29 is 10.0 Å². The van der Waals surface area contributed by atoms with Crippen molar-refractivity contribution in [1.29, 1.82) is 0 Å². The number of rotatable bonds is 9. The number of nitrogens with two attached hydrogens (primary N) is 1. The molecule has 18 heavy (non-hydrogen) atoms. The first-order chi connectivity index (χ1) is 8.47. The summed E-state index contributed by atoms with van der Waals surface area (Å²) in [4.78, 5) is 11.6. The second-order valence-corrected chi connectivity index (χ2v) is 4.86. The first-order valence-electron chi connectivity index (χ1n) is 6.44. The number of hydrogen-bond donors (Lipinski definition) is 4. The maximum Gasteiger partial charge on any atom is 0.236 e. The Morgan fingerprint density at radius 1 is 1.33 bits per heavy atom. The molecule has 0 saturated carbocycles. The Morgan fingerprint density at radius 2 is 2.00 bits per heavy atom. The van der Waals surface area contributed by atoms with Crippen LogP contribution < -0.4 is 16.4 Å². The van der Waals surface area contributed by atoms with Gasteiger partial charge in [0.05, 0.1) is 6.04 Å². The van der Waals surface area contributed by atoms with Crippen LogP contribution in [0.15, 0.2) is 5.16 Å². The molecule has 0 radical (unpaired) electrons. The number of unbranched alkanes of at least 4 members (excludes halogenated alkanes) is 1. The van der Waals surface area contributed by atoms with Crippen molar-refractivity contribution in [2.75, 3.05) is 13.1 Å². The second-order valence-electron chi connectivity index (χ2n) is 4.86. The molecule has 0 aliphatic carbocycles. The Balaban J connectivity index is 3.57. The summed E-state index contributed by atoms with van der Waals surface area (Å²) in [5.74, 6) is 0.736. The Hall–Kier alpha value is -1.30. The number of carbonyl (C=O) groups is 1. The lowest BCUT2D eigenvalue weighted by Gasteiger charge is -2.15. The lowest BCUT2D eigenvalue weighted by molar-refractivity contribution is -0.122. The second kappa shape index (κ2) is 9.70. The van der Waals surface area contributed by atoms with Crippen LogP contribution in [0.5, 0.6) is 0 Å². The lowest BCUT2D eigenvalue weighted by atomic mass is 10.2. The van der Waals surface area contributed by atoms with Gasteiger partial charge in [-0.25, -0.2) is 0 Å². The quantitative estimate of drug-likeness (QED) is 0.160. The Morgan fingerprint density at radius 3 is 2.56 bits per heavy atom. The van der Waals surface area contributed by atoms with E-state index in [1.54, 1.807) is 0 Å². The summed E-state index contributed by atoms with van der Waals surface area (Å²) in [5.41, 5.74) is 5.35. The minimum atomic E-state index is -0.187. The zero-order valence-electron chi connectivity index (χ0n) is 11.6. The molecule has 0 aromatic carbocycles. The number of oxime groups is 1. The molecule has 0 saturated heterocycles. The smallest absolute Gasteiger partial charge is 0.236 e. The Bertz CT molecular complexity index is 267. The summed E-state index contributed by atoms with van der Waals surface area (Å²) in [5, 5.41) is 17.3. The van der Waals surface area contributed by atoms with Gasteiger partial charge >= 0.3 is 0 Å². The van der Waals surface area contributed by atoms with Crippen molar-refractivity contribution in [3.8, 4) is 0 Å². The molecule has 0 spiro atoms. The van der Waals surface area contributed by atoms with Crippen molar-refractivity contribution >= 4 is 11.7 Å². The first-order valence-corrected chi connectivity index (χ1v) is 6.44. The van der Waals surface area contributed by atoms with E-state index in [0.717, 1.165) is 19.4 Å². The molecule has 1 unspecified atom stereocenters. The fourth-order valence-electron chi connectivity index (χ4n) is 1.35. The lowest BCUT2D eigenvalue weighted by Crippen LogP contribution is -2.43. The highest BCUT2D eigenvalue weighted by Crippen LogP contribution is 1.95. The fraction of sp³-hybridized carbons (Fsp3) is 0.833. The van der Waals surface area contributed by atoms with Gasteiger partial charge in [0, 0.05) is 13.0 Å². The number of nitrogens with zero attached hydrogens (tertiary/aromatic N) is 1. The average Bonchev–Trinajstić information content (AvgIpc) is 2.34. The van der Waals surface area contributed by atoms with Gasteiger partial charge in [-0.3, -0.25) is 4.79 Å². The average molecular weight is 258 g/mol. The monoisotopic (exact) mass is 258 g/mol. The SMILES string of the molecule is CC(C)CNC(=O)C(C)NCCCCC(N)=NO. The van der Waals surface area contributed by atoms with Crippen molar-refractivity contribution in [2.24, 2.45) is 16.8 Å². The molecule has 6 heteroatoms. The van der Waals surface area contributed by atoms with E-state index in [1.165, 1.54) is 0 Å². The summed E-state index contributed by atoms with van der Waals surface area (Å²) >= 11 is 0. The van der Waals surface area contributed by atoms with Crippen molar-refractivity contribution in [1.82, 2.24) is 10.6 Å². The van der Waals surface area contributed by atoms with Crippen LogP contribution >= 0.6 is 0 Å². The van der Waals surface area contributed by atoms with Gasteiger partial charge in [-0.1, -0.05) is 19.0 Å². The number of hydrogen-bond acceptors (Lipinski definition) is 4. The summed E-state index contributed by atoms with van der Waals surface area (Å²) in [6, 6.07) is -0.187. The molecule has 1 atom stereocenters. The van der Waals surface area contributed by atoms with Crippen LogP contribution in [0.3, 0.4) is 0 Å². The third-order valence-electron chi connectivity index (χ3n) is 2.52. The number of amides is 1. The normalized spacial score (nSPS) is 13.7. The third-order valence-corrected chi connectivity index (χ3v) is 2.52. The van der Waals surface area contributed by atoms with Crippen molar-refractivity contribution in [3.63, 3.8) is 0 Å². The predicted molar refractivity (Wildman–Crippen MR) is 72.6 cm³/mol. The summed E-state index contributed by atoms with van der Waals surface area (Å²) in [6.07, 6.45) is 2.30. The fourth-order valence-corrected chi connectivity index (χ4v) is 1.35. The molecule has 5 N–H and O–H groups in total. The van der Waals surface area contributed by atoms with E-state index in [-0.39, 0.29) is 17.8 Å². The first kappa shape index (κ1) is 16.7. The van der Waals surface area contributed by atoms with Gasteiger partial charge in [-0.15, -0.1) is 0 Å². The zero-order chi connectivity index (χ0) is 14.0. The predicted octanol–water partition coefficient (Wildman–Crippen LogP) is 0.653. The number of carbonyl (C=O) groups excluding carboxylic acids is 1. The van der Waals surface area contributed by atoms with Gasteiger partial charge < -0.3 is 21.6 Å². The van der Waals surface area contributed by atoms with Crippen molar-refractivity contribution in [3.05, 3.63) is 0 Å². The maximum absolute atomic E-state index is 11.6. The highest BCUT2D eigenvalue weighted by atomic mass is 16.4. The van der Waals surface area contributed by atoms with Crippen LogP contribution in [-0.2, 0) is 4.79 Å². The highest BCUT2D eigenvalue weighted by Gasteiger charge is 2.11. The Kier molecular flexibility index (Phi) is 9.00. The zero-order valence-corrected chi connectivity index (χ0v) is 11.6. The van der Waals surface area contributed by atoms with Gasteiger partial charge in [-0.05, 0) is 32.2 Å². The van der Waals surface area contributed by atoms with Crippen LogP contribution in [0.25, 0.3) is 0 Å². The molecular weight excluding hydrogens is 232 g/mol. The summed E-state index contributed by atoms with van der Waals surface area (Å²) in [7, 11) is 0. The third kappa shape index (κ3) is 8.81. The van der Waals surface area contributed by atoms with E-state index in [1.807, 2.05) is 6.92 Å². The molecule has 0 aromatic heterocycles. The van der Waals surface area contributed by atoms with E-state index in [4.69, 9.17) is 10.9 Å². The van der Waals surface area contributed by atoms with E-state index in [0.29, 0.717) is 18.9 Å².